The van der Waals surface area contributed by atoms with Crippen molar-refractivity contribution in [3.63, 3.8) is 0 Å². The van der Waals surface area contributed by atoms with Crippen molar-refractivity contribution >= 4 is 40.3 Å². The second-order valence-electron chi connectivity index (χ2n) is 4.12. The first-order valence-electron chi connectivity index (χ1n) is 5.57. The molecule has 104 valence electrons. The molecule has 0 unspecified atom stereocenters. The minimum atomic E-state index is -0.810. The molecule has 0 aliphatic carbocycles. The van der Waals surface area contributed by atoms with Crippen molar-refractivity contribution < 1.29 is 8.78 Å². The van der Waals surface area contributed by atoms with E-state index in [0.717, 1.165) is 12.1 Å². The molecule has 0 aliphatic rings. The predicted molar refractivity (Wildman–Crippen MR) is 79.5 cm³/mol. The molecule has 2 rings (SSSR count). The Kier molecular flexibility index (Phi) is 4.15. The van der Waals surface area contributed by atoms with E-state index < -0.39 is 11.6 Å². The highest BCUT2D eigenvalue weighted by atomic mass is 35.5. The number of nitrogens with zero attached hydrogens (tertiary/aromatic N) is 1. The van der Waals surface area contributed by atoms with Gasteiger partial charge in [-0.3, -0.25) is 0 Å². The molecule has 2 aromatic rings. The zero-order valence-electron chi connectivity index (χ0n) is 10.4. The maximum absolute atomic E-state index is 13.7. The lowest BCUT2D eigenvalue weighted by Crippen LogP contribution is -2.11. The Labute approximate surface area is 124 Å². The summed E-state index contributed by atoms with van der Waals surface area (Å²) >= 11 is 10.7. The van der Waals surface area contributed by atoms with E-state index in [-0.39, 0.29) is 15.7 Å². The molecule has 0 fully saturated rings. The zero-order valence-corrected chi connectivity index (χ0v) is 11.9. The van der Waals surface area contributed by atoms with Gasteiger partial charge in [-0.05, 0) is 25.1 Å². The highest BCUT2D eigenvalue weighted by molar-refractivity contribution is 7.80. The summed E-state index contributed by atoms with van der Waals surface area (Å²) in [5, 5.41) is 2.62. The summed E-state index contributed by atoms with van der Waals surface area (Å²) in [7, 11) is 0. The smallest absolute Gasteiger partial charge is 0.151 e. The molecule has 0 saturated carbocycles. The van der Waals surface area contributed by atoms with Crippen LogP contribution in [0.1, 0.15) is 11.3 Å². The normalized spacial score (nSPS) is 10.4. The molecule has 20 heavy (non-hydrogen) atoms. The van der Waals surface area contributed by atoms with Crippen LogP contribution in [0.15, 0.2) is 24.3 Å². The van der Waals surface area contributed by atoms with Gasteiger partial charge in [0.15, 0.2) is 5.82 Å². The quantitative estimate of drug-likeness (QED) is 0.848. The fourth-order valence-electron chi connectivity index (χ4n) is 1.66. The number of nitrogens with one attached hydrogen (secondary N) is 1. The van der Waals surface area contributed by atoms with E-state index in [4.69, 9.17) is 29.6 Å². The number of thiocarbonyl (C=S) groups is 1. The second-order valence-corrected chi connectivity index (χ2v) is 4.96. The largest absolute Gasteiger partial charge is 0.389 e. The molecule has 0 amide bonds. The maximum Gasteiger partial charge on any atom is 0.151 e. The number of hydrogen-bond acceptors (Lipinski definition) is 3. The van der Waals surface area contributed by atoms with Crippen molar-refractivity contribution in [3.05, 3.63) is 52.2 Å². The van der Waals surface area contributed by atoms with E-state index in [9.17, 15) is 8.78 Å². The minimum absolute atomic E-state index is 0.0555. The summed E-state index contributed by atoms with van der Waals surface area (Å²) in [5.74, 6) is -1.24. The number of rotatable bonds is 3. The van der Waals surface area contributed by atoms with Gasteiger partial charge in [-0.1, -0.05) is 23.8 Å². The Balaban J connectivity index is 2.42. The number of aromatic nitrogens is 1. The molecule has 0 spiro atoms. The van der Waals surface area contributed by atoms with E-state index in [0.29, 0.717) is 17.1 Å². The van der Waals surface area contributed by atoms with E-state index in [1.807, 2.05) is 0 Å². The summed E-state index contributed by atoms with van der Waals surface area (Å²) in [4.78, 5) is 4.37. The van der Waals surface area contributed by atoms with Gasteiger partial charge in [0.1, 0.15) is 16.6 Å². The molecule has 0 radical (unpaired) electrons. The third-order valence-corrected chi connectivity index (χ3v) is 3.03. The van der Waals surface area contributed by atoms with Gasteiger partial charge in [0.2, 0.25) is 0 Å². The molecule has 1 heterocycles. The molecule has 0 atom stereocenters. The van der Waals surface area contributed by atoms with Crippen LogP contribution in [-0.2, 0) is 0 Å². The molecule has 3 nitrogen and oxygen atoms in total. The number of anilines is 2. The van der Waals surface area contributed by atoms with Crippen LogP contribution in [0.4, 0.5) is 20.3 Å². The van der Waals surface area contributed by atoms with Gasteiger partial charge in [0.25, 0.3) is 0 Å². The van der Waals surface area contributed by atoms with Crippen molar-refractivity contribution in [1.82, 2.24) is 4.98 Å². The van der Waals surface area contributed by atoms with Crippen LogP contribution in [0.3, 0.4) is 0 Å². The Hall–Kier alpha value is -1.79. The molecular formula is C13H10ClF2N3S. The van der Waals surface area contributed by atoms with Gasteiger partial charge < -0.3 is 11.1 Å². The second kappa shape index (κ2) is 5.68. The van der Waals surface area contributed by atoms with Gasteiger partial charge in [0.05, 0.1) is 10.7 Å². The zero-order chi connectivity index (χ0) is 14.9. The lowest BCUT2D eigenvalue weighted by atomic mass is 10.2. The molecule has 0 saturated heterocycles. The van der Waals surface area contributed by atoms with Gasteiger partial charge in [0, 0.05) is 17.3 Å². The number of pyridine rings is 1. The van der Waals surface area contributed by atoms with E-state index in [2.05, 4.69) is 10.3 Å². The molecular weight excluding hydrogens is 304 g/mol. The molecule has 7 heteroatoms. The van der Waals surface area contributed by atoms with Crippen LogP contribution < -0.4 is 11.1 Å². The van der Waals surface area contributed by atoms with Crippen molar-refractivity contribution in [2.75, 3.05) is 5.32 Å². The van der Waals surface area contributed by atoms with Crippen LogP contribution in [0.2, 0.25) is 5.02 Å². The maximum atomic E-state index is 13.7. The topological polar surface area (TPSA) is 50.9 Å². The number of nitrogens with two attached hydrogens (primary N) is 1. The number of halogens is 3. The lowest BCUT2D eigenvalue weighted by Gasteiger charge is -2.11. The Morgan fingerprint density at radius 3 is 2.60 bits per heavy atom. The molecule has 0 aliphatic heterocycles. The van der Waals surface area contributed by atoms with Gasteiger partial charge in [-0.25, -0.2) is 13.8 Å². The SMILES string of the molecule is Cc1cc(C(N)=S)cc(Nc2c(F)cc(F)cc2Cl)n1. The monoisotopic (exact) mass is 313 g/mol. The third kappa shape index (κ3) is 3.20. The first-order chi connectivity index (χ1) is 9.36. The highest BCUT2D eigenvalue weighted by Crippen LogP contribution is 2.29. The van der Waals surface area contributed by atoms with Crippen molar-refractivity contribution in [1.29, 1.82) is 0 Å². The minimum Gasteiger partial charge on any atom is -0.389 e. The number of benzene rings is 1. The first kappa shape index (κ1) is 14.6. The Morgan fingerprint density at radius 1 is 1.30 bits per heavy atom. The van der Waals surface area contributed by atoms with Gasteiger partial charge in [-0.2, -0.15) is 0 Å². The van der Waals surface area contributed by atoms with Crippen LogP contribution in [0.25, 0.3) is 0 Å². The fraction of sp³-hybridized carbons (Fsp3) is 0.0769. The van der Waals surface area contributed by atoms with Gasteiger partial charge >= 0.3 is 0 Å². The number of aryl methyl sites for hydroxylation is 1. The van der Waals surface area contributed by atoms with Crippen molar-refractivity contribution in [3.8, 4) is 0 Å². The predicted octanol–water partition coefficient (Wildman–Crippen LogP) is 3.70. The van der Waals surface area contributed by atoms with Crippen LogP contribution in [-0.4, -0.2) is 9.97 Å². The summed E-state index contributed by atoms with van der Waals surface area (Å²) < 4.78 is 26.7. The first-order valence-corrected chi connectivity index (χ1v) is 6.35. The lowest BCUT2D eigenvalue weighted by molar-refractivity contribution is 0.586. The number of hydrogen-bond donors (Lipinski definition) is 2. The van der Waals surface area contributed by atoms with Gasteiger partial charge in [-0.15, -0.1) is 0 Å². The van der Waals surface area contributed by atoms with Crippen LogP contribution in [0.5, 0.6) is 0 Å². The van der Waals surface area contributed by atoms with E-state index >= 15 is 0 Å². The van der Waals surface area contributed by atoms with Crippen molar-refractivity contribution in [2.45, 2.75) is 6.92 Å². The summed E-state index contributed by atoms with van der Waals surface area (Å²) in [6, 6.07) is 5.01. The van der Waals surface area contributed by atoms with Crippen molar-refractivity contribution in [2.24, 2.45) is 5.73 Å². The Bertz CT molecular complexity index is 668. The summed E-state index contributed by atoms with van der Waals surface area (Å²) in [5.41, 5.74) is 6.74. The molecule has 3 N–H and O–H groups in total. The molecule has 1 aromatic heterocycles. The third-order valence-electron chi connectivity index (χ3n) is 2.50. The summed E-state index contributed by atoms with van der Waals surface area (Å²) in [6.07, 6.45) is 0. The standard InChI is InChI=1S/C13H10ClF2N3S/c1-6-2-7(13(17)20)3-11(18-6)19-12-9(14)4-8(15)5-10(12)16/h2-5H,1H3,(H2,17,20)(H,18,19). The molecule has 1 aromatic carbocycles. The Morgan fingerprint density at radius 2 is 2.00 bits per heavy atom. The van der Waals surface area contributed by atoms with Crippen LogP contribution in [0, 0.1) is 18.6 Å². The fourth-order valence-corrected chi connectivity index (χ4v) is 2.02. The van der Waals surface area contributed by atoms with Crippen LogP contribution >= 0.6 is 23.8 Å². The highest BCUT2D eigenvalue weighted by Gasteiger charge is 2.11. The average Bonchev–Trinajstić information content (AvgIpc) is 2.33. The average molecular weight is 314 g/mol. The van der Waals surface area contributed by atoms with E-state index in [1.54, 1.807) is 19.1 Å². The summed E-state index contributed by atoms with van der Waals surface area (Å²) in [6.45, 7) is 1.75. The molecule has 0 bridgehead atoms. The van der Waals surface area contributed by atoms with E-state index in [1.165, 1.54) is 0 Å².